The average Bonchev–Trinajstić information content (AvgIpc) is 2.86. The maximum Gasteiger partial charge on any atom is 0.0690 e. The molecule has 0 aromatic carbocycles. The van der Waals surface area contributed by atoms with Gasteiger partial charge >= 0.3 is 0 Å². The summed E-state index contributed by atoms with van der Waals surface area (Å²) >= 11 is 0. The molecular formula is C16H29N3O. The van der Waals surface area contributed by atoms with Gasteiger partial charge in [0.25, 0.3) is 0 Å². The maximum absolute atomic E-state index is 10.6. The first kappa shape index (κ1) is 15.5. The van der Waals surface area contributed by atoms with Gasteiger partial charge in [-0.3, -0.25) is 4.68 Å². The highest BCUT2D eigenvalue weighted by Crippen LogP contribution is 2.22. The summed E-state index contributed by atoms with van der Waals surface area (Å²) in [4.78, 5) is 0. The molecule has 1 aliphatic heterocycles. The van der Waals surface area contributed by atoms with Crippen molar-refractivity contribution >= 4 is 0 Å². The van der Waals surface area contributed by atoms with Crippen molar-refractivity contribution in [1.29, 1.82) is 0 Å². The van der Waals surface area contributed by atoms with E-state index in [9.17, 15) is 5.11 Å². The molecule has 0 saturated carbocycles. The number of rotatable bonds is 6. The van der Waals surface area contributed by atoms with Crippen molar-refractivity contribution in [2.24, 2.45) is 0 Å². The number of hydrogen-bond donors (Lipinski definition) is 2. The van der Waals surface area contributed by atoms with E-state index in [1.54, 1.807) is 0 Å². The van der Waals surface area contributed by atoms with Gasteiger partial charge in [0.1, 0.15) is 0 Å². The van der Waals surface area contributed by atoms with Gasteiger partial charge in [0.05, 0.1) is 11.3 Å². The zero-order chi connectivity index (χ0) is 14.6. The summed E-state index contributed by atoms with van der Waals surface area (Å²) in [6.45, 7) is 7.35. The predicted octanol–water partition coefficient (Wildman–Crippen LogP) is 2.68. The van der Waals surface area contributed by atoms with Crippen LogP contribution in [0.4, 0.5) is 0 Å². The average molecular weight is 279 g/mol. The smallest absolute Gasteiger partial charge is 0.0690 e. The molecule has 3 atom stereocenters. The van der Waals surface area contributed by atoms with Crippen LogP contribution in [-0.2, 0) is 6.42 Å². The minimum atomic E-state index is -0.677. The summed E-state index contributed by atoms with van der Waals surface area (Å²) in [6, 6.07) is 2.92. The fourth-order valence-electron chi connectivity index (χ4n) is 3.00. The van der Waals surface area contributed by atoms with Crippen LogP contribution in [0.2, 0.25) is 0 Å². The van der Waals surface area contributed by atoms with E-state index >= 15 is 0 Å². The molecule has 2 heterocycles. The molecule has 4 nitrogen and oxygen atoms in total. The molecule has 1 aliphatic rings. The first-order valence-electron chi connectivity index (χ1n) is 8.00. The zero-order valence-corrected chi connectivity index (χ0v) is 13.1. The van der Waals surface area contributed by atoms with Crippen molar-refractivity contribution in [2.75, 3.05) is 6.54 Å². The van der Waals surface area contributed by atoms with E-state index in [0.29, 0.717) is 18.5 Å². The third kappa shape index (κ3) is 4.32. The van der Waals surface area contributed by atoms with Crippen molar-refractivity contribution in [3.05, 3.63) is 18.0 Å². The lowest BCUT2D eigenvalue weighted by atomic mass is 9.88. The van der Waals surface area contributed by atoms with Gasteiger partial charge in [-0.05, 0) is 52.1 Å². The van der Waals surface area contributed by atoms with E-state index in [0.717, 1.165) is 25.1 Å². The zero-order valence-electron chi connectivity index (χ0n) is 13.1. The topological polar surface area (TPSA) is 50.1 Å². The van der Waals surface area contributed by atoms with Crippen molar-refractivity contribution < 1.29 is 5.11 Å². The Morgan fingerprint density at radius 1 is 1.55 bits per heavy atom. The van der Waals surface area contributed by atoms with Crippen LogP contribution in [0.15, 0.2) is 12.3 Å². The first-order chi connectivity index (χ1) is 9.50. The molecule has 0 radical (unpaired) electrons. The van der Waals surface area contributed by atoms with Crippen molar-refractivity contribution in [1.82, 2.24) is 15.1 Å². The standard InChI is InChI=1S/C16H29N3O/c1-4-13(2)19-10-8-15(18-19)12-16(3,20)11-14-7-5-6-9-17-14/h8,10,13-14,17,20H,4-7,9,11-12H2,1-3H3. The summed E-state index contributed by atoms with van der Waals surface area (Å²) < 4.78 is 2.00. The molecule has 0 amide bonds. The van der Waals surface area contributed by atoms with E-state index < -0.39 is 5.60 Å². The van der Waals surface area contributed by atoms with Gasteiger partial charge in [-0.25, -0.2) is 0 Å². The summed E-state index contributed by atoms with van der Waals surface area (Å²) in [5.41, 5.74) is 0.315. The summed E-state index contributed by atoms with van der Waals surface area (Å²) in [6.07, 6.45) is 8.26. The van der Waals surface area contributed by atoms with Crippen molar-refractivity contribution in [2.45, 2.75) is 77.0 Å². The van der Waals surface area contributed by atoms with Gasteiger partial charge in [0.2, 0.25) is 0 Å². The van der Waals surface area contributed by atoms with Crippen LogP contribution in [0.25, 0.3) is 0 Å². The summed E-state index contributed by atoms with van der Waals surface area (Å²) in [7, 11) is 0. The van der Waals surface area contributed by atoms with Gasteiger partial charge in [-0.1, -0.05) is 13.3 Å². The molecule has 4 heteroatoms. The lowest BCUT2D eigenvalue weighted by Crippen LogP contribution is -2.42. The molecule has 3 unspecified atom stereocenters. The summed E-state index contributed by atoms with van der Waals surface area (Å²) in [5.74, 6) is 0. The quantitative estimate of drug-likeness (QED) is 0.842. The molecule has 1 aromatic rings. The summed E-state index contributed by atoms with van der Waals surface area (Å²) in [5, 5.41) is 18.7. The third-order valence-corrected chi connectivity index (χ3v) is 4.37. The van der Waals surface area contributed by atoms with E-state index in [1.165, 1.54) is 19.3 Å². The minimum absolute atomic E-state index is 0.425. The second kappa shape index (κ2) is 6.72. The van der Waals surface area contributed by atoms with Crippen LogP contribution in [0.5, 0.6) is 0 Å². The lowest BCUT2D eigenvalue weighted by molar-refractivity contribution is 0.0361. The molecule has 0 aliphatic carbocycles. The second-order valence-electron chi connectivity index (χ2n) is 6.57. The molecule has 1 fully saturated rings. The predicted molar refractivity (Wildman–Crippen MR) is 81.8 cm³/mol. The Balaban J connectivity index is 1.91. The van der Waals surface area contributed by atoms with E-state index in [-0.39, 0.29) is 0 Å². The Bertz CT molecular complexity index is 408. The lowest BCUT2D eigenvalue weighted by Gasteiger charge is -2.31. The normalized spacial score (nSPS) is 24.3. The maximum atomic E-state index is 10.6. The number of piperidine rings is 1. The molecule has 2 N–H and O–H groups in total. The fourth-order valence-corrected chi connectivity index (χ4v) is 3.00. The molecule has 1 aromatic heterocycles. The second-order valence-corrected chi connectivity index (χ2v) is 6.57. The highest BCUT2D eigenvalue weighted by Gasteiger charge is 2.27. The van der Waals surface area contributed by atoms with E-state index in [1.807, 2.05) is 23.9 Å². The Morgan fingerprint density at radius 3 is 3.00 bits per heavy atom. The third-order valence-electron chi connectivity index (χ3n) is 4.37. The molecule has 0 spiro atoms. The van der Waals surface area contributed by atoms with Crippen LogP contribution in [-0.4, -0.2) is 33.1 Å². The van der Waals surface area contributed by atoms with Crippen LogP contribution in [0.1, 0.15) is 64.6 Å². The number of aromatic nitrogens is 2. The van der Waals surface area contributed by atoms with Gasteiger partial charge in [-0.15, -0.1) is 0 Å². The van der Waals surface area contributed by atoms with Gasteiger partial charge in [-0.2, -0.15) is 5.10 Å². The van der Waals surface area contributed by atoms with Crippen LogP contribution < -0.4 is 5.32 Å². The number of nitrogens with one attached hydrogen (secondary N) is 1. The number of aliphatic hydroxyl groups is 1. The van der Waals surface area contributed by atoms with E-state index in [2.05, 4.69) is 24.3 Å². The van der Waals surface area contributed by atoms with Crippen LogP contribution in [0.3, 0.4) is 0 Å². The highest BCUT2D eigenvalue weighted by molar-refractivity contribution is 5.04. The Hall–Kier alpha value is -0.870. The Kier molecular flexibility index (Phi) is 5.22. The van der Waals surface area contributed by atoms with E-state index in [4.69, 9.17) is 0 Å². The molecule has 0 bridgehead atoms. The largest absolute Gasteiger partial charge is 0.390 e. The van der Waals surface area contributed by atoms with Crippen LogP contribution in [0, 0.1) is 0 Å². The Labute approximate surface area is 122 Å². The SMILES string of the molecule is CCC(C)n1ccc(CC(C)(O)CC2CCCCN2)n1. The molecule has 1 saturated heterocycles. The highest BCUT2D eigenvalue weighted by atomic mass is 16.3. The number of hydrogen-bond acceptors (Lipinski definition) is 3. The van der Waals surface area contributed by atoms with Crippen molar-refractivity contribution in [3.8, 4) is 0 Å². The number of nitrogens with zero attached hydrogens (tertiary/aromatic N) is 2. The van der Waals surface area contributed by atoms with Gasteiger partial charge in [0.15, 0.2) is 0 Å². The molecule has 114 valence electrons. The fraction of sp³-hybridized carbons (Fsp3) is 0.812. The monoisotopic (exact) mass is 279 g/mol. The van der Waals surface area contributed by atoms with Gasteiger partial charge in [0, 0.05) is 24.7 Å². The molecule has 2 rings (SSSR count). The molecule has 20 heavy (non-hydrogen) atoms. The van der Waals surface area contributed by atoms with Crippen LogP contribution >= 0.6 is 0 Å². The first-order valence-corrected chi connectivity index (χ1v) is 8.00. The van der Waals surface area contributed by atoms with Crippen molar-refractivity contribution in [3.63, 3.8) is 0 Å². The molecular weight excluding hydrogens is 250 g/mol. The minimum Gasteiger partial charge on any atom is -0.390 e. The van der Waals surface area contributed by atoms with Gasteiger partial charge < -0.3 is 10.4 Å². The Morgan fingerprint density at radius 2 is 2.35 bits per heavy atom.